The van der Waals surface area contributed by atoms with Crippen molar-refractivity contribution in [2.24, 2.45) is 7.05 Å². The highest BCUT2D eigenvalue weighted by molar-refractivity contribution is 5.98. The van der Waals surface area contributed by atoms with Gasteiger partial charge in [0.25, 0.3) is 5.91 Å². The Bertz CT molecular complexity index is 612. The number of nitrogens with zero attached hydrogens (tertiary/aromatic N) is 4. The predicted octanol–water partition coefficient (Wildman–Crippen LogP) is 0.711. The van der Waals surface area contributed by atoms with Crippen LogP contribution in [0.15, 0.2) is 18.6 Å². The number of pyridine rings is 1. The molecule has 20 heavy (non-hydrogen) atoms. The van der Waals surface area contributed by atoms with E-state index in [9.17, 15) is 9.18 Å². The topological polar surface area (TPSA) is 84.7 Å². The summed E-state index contributed by atoms with van der Waals surface area (Å²) in [5, 5.41) is 9.58. The highest BCUT2D eigenvalue weighted by Gasteiger charge is 2.14. The van der Waals surface area contributed by atoms with E-state index in [0.29, 0.717) is 18.2 Å². The van der Waals surface area contributed by atoms with Crippen molar-refractivity contribution in [1.29, 1.82) is 0 Å². The number of nitrogens with one attached hydrogen (secondary N) is 2. The van der Waals surface area contributed by atoms with Gasteiger partial charge in [-0.25, -0.2) is 14.4 Å². The van der Waals surface area contributed by atoms with Gasteiger partial charge in [-0.15, -0.1) is 0 Å². The van der Waals surface area contributed by atoms with Crippen LogP contribution < -0.4 is 10.6 Å². The Morgan fingerprint density at radius 1 is 1.45 bits per heavy atom. The van der Waals surface area contributed by atoms with Crippen LogP contribution in [0, 0.1) is 5.82 Å². The maximum Gasteiger partial charge on any atom is 0.255 e. The Labute approximate surface area is 115 Å². The summed E-state index contributed by atoms with van der Waals surface area (Å²) >= 11 is 0. The number of hydrogen-bond donors (Lipinski definition) is 2. The van der Waals surface area contributed by atoms with E-state index in [1.54, 1.807) is 7.05 Å². The van der Waals surface area contributed by atoms with Crippen molar-refractivity contribution in [2.45, 2.75) is 13.5 Å². The van der Waals surface area contributed by atoms with Crippen LogP contribution in [0.1, 0.15) is 23.1 Å². The molecule has 0 unspecified atom stereocenters. The quantitative estimate of drug-likeness (QED) is 0.841. The van der Waals surface area contributed by atoms with Gasteiger partial charge in [-0.3, -0.25) is 9.48 Å². The molecule has 0 aromatic carbocycles. The number of amides is 1. The van der Waals surface area contributed by atoms with E-state index >= 15 is 0 Å². The minimum absolute atomic E-state index is 0.155. The Morgan fingerprint density at radius 2 is 2.25 bits per heavy atom. The van der Waals surface area contributed by atoms with Crippen molar-refractivity contribution < 1.29 is 9.18 Å². The zero-order valence-electron chi connectivity index (χ0n) is 11.2. The molecule has 0 spiro atoms. The lowest BCUT2D eigenvalue weighted by Crippen LogP contribution is -2.25. The molecule has 2 rings (SSSR count). The van der Waals surface area contributed by atoms with E-state index in [2.05, 4.69) is 25.7 Å². The third-order valence-corrected chi connectivity index (χ3v) is 2.50. The molecule has 0 radical (unpaired) electrons. The molecule has 2 aromatic rings. The fourth-order valence-corrected chi connectivity index (χ4v) is 1.64. The third kappa shape index (κ3) is 3.28. The van der Waals surface area contributed by atoms with E-state index in [-0.39, 0.29) is 12.1 Å². The average Bonchev–Trinajstić information content (AvgIpc) is 2.84. The molecule has 7 nitrogen and oxygen atoms in total. The lowest BCUT2D eigenvalue weighted by atomic mass is 10.2. The standard InChI is InChI=1S/C12H15FN6O/c1-3-14-11-9(4-8(13)5-15-11)12(20)16-6-10-17-7-19(2)18-10/h4-5,7H,3,6H2,1-2H3,(H,14,15)(H,16,20). The molecule has 0 aliphatic heterocycles. The van der Waals surface area contributed by atoms with Gasteiger partial charge in [0.15, 0.2) is 5.82 Å². The predicted molar refractivity (Wildman–Crippen MR) is 70.5 cm³/mol. The van der Waals surface area contributed by atoms with Crippen LogP contribution in [-0.4, -0.2) is 32.2 Å². The van der Waals surface area contributed by atoms with Gasteiger partial charge in [-0.1, -0.05) is 0 Å². The lowest BCUT2D eigenvalue weighted by molar-refractivity contribution is 0.0950. The fourth-order valence-electron chi connectivity index (χ4n) is 1.64. The smallest absolute Gasteiger partial charge is 0.255 e. The zero-order chi connectivity index (χ0) is 14.5. The molecular formula is C12H15FN6O. The summed E-state index contributed by atoms with van der Waals surface area (Å²) in [6.07, 6.45) is 2.60. The number of hydrogen-bond acceptors (Lipinski definition) is 5. The number of carbonyl (C=O) groups is 1. The van der Waals surface area contributed by atoms with Crippen LogP contribution in [0.4, 0.5) is 10.2 Å². The van der Waals surface area contributed by atoms with E-state index < -0.39 is 11.7 Å². The van der Waals surface area contributed by atoms with E-state index in [4.69, 9.17) is 0 Å². The highest BCUT2D eigenvalue weighted by atomic mass is 19.1. The molecule has 8 heteroatoms. The summed E-state index contributed by atoms with van der Waals surface area (Å²) in [5.74, 6) is -0.163. The normalized spacial score (nSPS) is 10.3. The molecule has 2 N–H and O–H groups in total. The average molecular weight is 278 g/mol. The molecule has 0 aliphatic carbocycles. The van der Waals surface area contributed by atoms with Crippen molar-refractivity contribution >= 4 is 11.7 Å². The van der Waals surface area contributed by atoms with E-state index in [1.165, 1.54) is 11.0 Å². The first kappa shape index (κ1) is 13.9. The number of aromatic nitrogens is 4. The molecule has 0 atom stereocenters. The summed E-state index contributed by atoms with van der Waals surface area (Å²) in [6, 6.07) is 1.15. The second-order valence-corrected chi connectivity index (χ2v) is 4.10. The van der Waals surface area contributed by atoms with Crippen LogP contribution >= 0.6 is 0 Å². The minimum Gasteiger partial charge on any atom is -0.370 e. The first-order valence-corrected chi connectivity index (χ1v) is 6.12. The van der Waals surface area contributed by atoms with Crippen molar-refractivity contribution in [1.82, 2.24) is 25.1 Å². The van der Waals surface area contributed by atoms with Gasteiger partial charge in [0.05, 0.1) is 18.3 Å². The maximum absolute atomic E-state index is 13.2. The number of carbonyl (C=O) groups excluding carboxylic acids is 1. The second-order valence-electron chi connectivity index (χ2n) is 4.10. The van der Waals surface area contributed by atoms with E-state index in [1.807, 2.05) is 6.92 Å². The number of aryl methyl sites for hydroxylation is 1. The second kappa shape index (κ2) is 6.09. The SMILES string of the molecule is CCNc1ncc(F)cc1C(=O)NCc1ncn(C)n1. The van der Waals surface area contributed by atoms with Crippen molar-refractivity contribution in [3.05, 3.63) is 35.8 Å². The number of rotatable bonds is 5. The van der Waals surface area contributed by atoms with Gasteiger partial charge < -0.3 is 10.6 Å². The van der Waals surface area contributed by atoms with Gasteiger partial charge in [0, 0.05) is 13.6 Å². The lowest BCUT2D eigenvalue weighted by Gasteiger charge is -2.09. The van der Waals surface area contributed by atoms with Gasteiger partial charge in [0.2, 0.25) is 0 Å². The minimum atomic E-state index is -0.562. The monoisotopic (exact) mass is 278 g/mol. The summed E-state index contributed by atoms with van der Waals surface area (Å²) < 4.78 is 14.8. The molecule has 0 aliphatic rings. The van der Waals surface area contributed by atoms with Crippen LogP contribution in [0.2, 0.25) is 0 Å². The first-order chi connectivity index (χ1) is 9.60. The van der Waals surface area contributed by atoms with Crippen LogP contribution in [0.5, 0.6) is 0 Å². The summed E-state index contributed by atoms with van der Waals surface area (Å²) in [4.78, 5) is 19.9. The highest BCUT2D eigenvalue weighted by Crippen LogP contribution is 2.13. The molecule has 0 saturated heterocycles. The molecule has 1 amide bonds. The van der Waals surface area contributed by atoms with Gasteiger partial charge in [-0.05, 0) is 13.0 Å². The van der Waals surface area contributed by atoms with Gasteiger partial charge >= 0.3 is 0 Å². The molecule has 106 valence electrons. The third-order valence-electron chi connectivity index (χ3n) is 2.50. The largest absolute Gasteiger partial charge is 0.370 e. The zero-order valence-corrected chi connectivity index (χ0v) is 11.2. The van der Waals surface area contributed by atoms with Crippen LogP contribution in [0.25, 0.3) is 0 Å². The number of anilines is 1. The molecule has 0 bridgehead atoms. The molecular weight excluding hydrogens is 263 g/mol. The van der Waals surface area contributed by atoms with Crippen molar-refractivity contribution in [3.63, 3.8) is 0 Å². The molecule has 0 saturated carbocycles. The molecule has 2 aromatic heterocycles. The summed E-state index contributed by atoms with van der Waals surface area (Å²) in [6.45, 7) is 2.62. The summed E-state index contributed by atoms with van der Waals surface area (Å²) in [7, 11) is 1.73. The van der Waals surface area contributed by atoms with Gasteiger partial charge in [0.1, 0.15) is 18.0 Å². The van der Waals surface area contributed by atoms with Crippen LogP contribution in [0.3, 0.4) is 0 Å². The number of halogens is 1. The molecule has 0 fully saturated rings. The maximum atomic E-state index is 13.2. The van der Waals surface area contributed by atoms with Crippen LogP contribution in [-0.2, 0) is 13.6 Å². The van der Waals surface area contributed by atoms with Crippen molar-refractivity contribution in [3.8, 4) is 0 Å². The van der Waals surface area contributed by atoms with E-state index in [0.717, 1.165) is 12.3 Å². The van der Waals surface area contributed by atoms with Crippen molar-refractivity contribution in [2.75, 3.05) is 11.9 Å². The Hall–Kier alpha value is -2.51. The Kier molecular flexibility index (Phi) is 4.24. The Balaban J connectivity index is 2.09. The summed E-state index contributed by atoms with van der Waals surface area (Å²) in [5.41, 5.74) is 0.155. The first-order valence-electron chi connectivity index (χ1n) is 6.12. The Morgan fingerprint density at radius 3 is 2.90 bits per heavy atom. The fraction of sp³-hybridized carbons (Fsp3) is 0.333. The molecule has 2 heterocycles. The van der Waals surface area contributed by atoms with Gasteiger partial charge in [-0.2, -0.15) is 5.10 Å².